The number of aromatic nitrogens is 1. The Morgan fingerprint density at radius 3 is 2.68 bits per heavy atom. The lowest BCUT2D eigenvalue weighted by Crippen LogP contribution is -2.27. The van der Waals surface area contributed by atoms with Crippen molar-refractivity contribution in [3.63, 3.8) is 0 Å². The third kappa shape index (κ3) is 3.90. The van der Waals surface area contributed by atoms with Crippen LogP contribution in [0, 0.1) is 5.92 Å². The van der Waals surface area contributed by atoms with Crippen LogP contribution in [-0.4, -0.2) is 23.0 Å². The van der Waals surface area contributed by atoms with Gasteiger partial charge < -0.3 is 0 Å². The van der Waals surface area contributed by atoms with Crippen LogP contribution in [0.5, 0.6) is 0 Å². The Labute approximate surface area is 138 Å². The minimum atomic E-state index is 0.561. The van der Waals surface area contributed by atoms with Crippen LogP contribution in [0.1, 0.15) is 38.3 Å². The van der Waals surface area contributed by atoms with Gasteiger partial charge in [0.2, 0.25) is 0 Å². The minimum Gasteiger partial charge on any atom is -0.296 e. The van der Waals surface area contributed by atoms with E-state index in [4.69, 9.17) is 0 Å². The molecule has 0 unspecified atom stereocenters. The first kappa shape index (κ1) is 15.6. The topological polar surface area (TPSA) is 16.1 Å². The molecule has 2 nitrogen and oxygen atoms in total. The minimum absolute atomic E-state index is 0.561. The molecule has 0 bridgehead atoms. The van der Waals surface area contributed by atoms with Gasteiger partial charge >= 0.3 is 0 Å². The molecular weight excluding hydrogens is 288 g/mol. The Hall–Kier alpha value is -1.32. The van der Waals surface area contributed by atoms with Crippen molar-refractivity contribution in [2.45, 2.75) is 42.7 Å². The van der Waals surface area contributed by atoms with Crippen molar-refractivity contribution in [1.29, 1.82) is 0 Å². The van der Waals surface area contributed by atoms with E-state index in [1.807, 2.05) is 6.07 Å². The molecule has 0 spiro atoms. The van der Waals surface area contributed by atoms with Crippen LogP contribution in [0.2, 0.25) is 0 Å². The predicted octanol–water partition coefficient (Wildman–Crippen LogP) is 5.03. The highest BCUT2D eigenvalue weighted by Gasteiger charge is 2.26. The maximum Gasteiger partial charge on any atom is 0.101 e. The number of benzene rings is 1. The fraction of sp³-hybridized carbons (Fsp3) is 0.421. The van der Waals surface area contributed by atoms with E-state index in [1.54, 1.807) is 11.8 Å². The first-order valence-corrected chi connectivity index (χ1v) is 8.97. The van der Waals surface area contributed by atoms with Crippen LogP contribution in [-0.2, 0) is 0 Å². The number of hydrogen-bond acceptors (Lipinski definition) is 3. The monoisotopic (exact) mass is 312 g/mol. The summed E-state index contributed by atoms with van der Waals surface area (Å²) in [6.07, 6.45) is 4.64. The molecular formula is C19H24N2S. The molecule has 1 aliphatic heterocycles. The highest BCUT2D eigenvalue weighted by Crippen LogP contribution is 2.33. The number of rotatable bonds is 5. The van der Waals surface area contributed by atoms with E-state index in [0.717, 1.165) is 10.9 Å². The second kappa shape index (κ2) is 7.30. The fourth-order valence-electron chi connectivity index (χ4n) is 3.15. The standard InChI is InChI=1S/C19H24N2S/c1-15(2)14-21-12-6-9-18(21)16-10-11-19(20-13-16)22-17-7-4-3-5-8-17/h3-5,7-8,10-11,13,15,18H,6,9,12,14H2,1-2H3/t18-/m1/s1. The van der Waals surface area contributed by atoms with Crippen LogP contribution < -0.4 is 0 Å². The molecule has 1 fully saturated rings. The largest absolute Gasteiger partial charge is 0.296 e. The molecule has 0 saturated carbocycles. The summed E-state index contributed by atoms with van der Waals surface area (Å²) < 4.78 is 0. The van der Waals surface area contributed by atoms with Crippen LogP contribution in [0.25, 0.3) is 0 Å². The number of pyridine rings is 1. The maximum atomic E-state index is 4.67. The van der Waals surface area contributed by atoms with Gasteiger partial charge in [0.05, 0.1) is 0 Å². The molecule has 1 aliphatic rings. The molecule has 1 saturated heterocycles. The number of nitrogens with zero attached hydrogens (tertiary/aromatic N) is 2. The Bertz CT molecular complexity index is 580. The summed E-state index contributed by atoms with van der Waals surface area (Å²) in [6.45, 7) is 7.01. The summed E-state index contributed by atoms with van der Waals surface area (Å²) in [5.41, 5.74) is 1.37. The molecule has 3 heteroatoms. The average molecular weight is 312 g/mol. The molecule has 116 valence electrons. The summed E-state index contributed by atoms with van der Waals surface area (Å²) in [5.74, 6) is 0.724. The molecule has 3 rings (SSSR count). The summed E-state index contributed by atoms with van der Waals surface area (Å²) in [5, 5.41) is 1.07. The molecule has 22 heavy (non-hydrogen) atoms. The van der Waals surface area contributed by atoms with Gasteiger partial charge in [-0.1, -0.05) is 49.9 Å². The Morgan fingerprint density at radius 1 is 1.18 bits per heavy atom. The number of likely N-dealkylation sites (tertiary alicyclic amines) is 1. The first-order chi connectivity index (χ1) is 10.7. The second-order valence-electron chi connectivity index (χ2n) is 6.39. The molecule has 0 radical (unpaired) electrons. The van der Waals surface area contributed by atoms with Crippen molar-refractivity contribution < 1.29 is 0 Å². The van der Waals surface area contributed by atoms with Crippen molar-refractivity contribution in [2.24, 2.45) is 5.92 Å². The van der Waals surface area contributed by atoms with Crippen molar-refractivity contribution in [1.82, 2.24) is 9.88 Å². The zero-order valence-corrected chi connectivity index (χ0v) is 14.2. The molecule has 1 aromatic heterocycles. The van der Waals surface area contributed by atoms with E-state index in [9.17, 15) is 0 Å². The molecule has 0 N–H and O–H groups in total. The Morgan fingerprint density at radius 2 is 2.00 bits per heavy atom. The lowest BCUT2D eigenvalue weighted by molar-refractivity contribution is 0.228. The Balaban J connectivity index is 1.68. The van der Waals surface area contributed by atoms with Gasteiger partial charge in [0.1, 0.15) is 5.03 Å². The van der Waals surface area contributed by atoms with E-state index in [2.05, 4.69) is 66.3 Å². The van der Waals surface area contributed by atoms with E-state index >= 15 is 0 Å². The second-order valence-corrected chi connectivity index (χ2v) is 7.49. The summed E-state index contributed by atoms with van der Waals surface area (Å²) in [4.78, 5) is 8.53. The summed E-state index contributed by atoms with van der Waals surface area (Å²) in [7, 11) is 0. The van der Waals surface area contributed by atoms with Gasteiger partial charge in [-0.15, -0.1) is 0 Å². The normalized spacial score (nSPS) is 19.0. The van der Waals surface area contributed by atoms with Gasteiger partial charge in [-0.25, -0.2) is 4.98 Å². The highest BCUT2D eigenvalue weighted by molar-refractivity contribution is 7.99. The van der Waals surface area contributed by atoms with E-state index in [0.29, 0.717) is 6.04 Å². The summed E-state index contributed by atoms with van der Waals surface area (Å²) >= 11 is 1.73. The van der Waals surface area contributed by atoms with Gasteiger partial charge in [-0.2, -0.15) is 0 Å². The van der Waals surface area contributed by atoms with Crippen LogP contribution in [0.15, 0.2) is 58.6 Å². The van der Waals surface area contributed by atoms with E-state index in [-0.39, 0.29) is 0 Å². The molecule has 2 aromatic rings. The van der Waals surface area contributed by atoms with Crippen molar-refractivity contribution in [2.75, 3.05) is 13.1 Å². The predicted molar refractivity (Wildman–Crippen MR) is 93.2 cm³/mol. The Kier molecular flexibility index (Phi) is 5.16. The van der Waals surface area contributed by atoms with E-state index in [1.165, 1.54) is 36.4 Å². The van der Waals surface area contributed by atoms with Crippen LogP contribution >= 0.6 is 11.8 Å². The number of hydrogen-bond donors (Lipinski definition) is 0. The third-order valence-corrected chi connectivity index (χ3v) is 5.03. The maximum absolute atomic E-state index is 4.67. The molecule has 1 atom stereocenters. The van der Waals surface area contributed by atoms with Crippen molar-refractivity contribution >= 4 is 11.8 Å². The van der Waals surface area contributed by atoms with Crippen molar-refractivity contribution in [3.05, 3.63) is 54.2 Å². The molecule has 0 amide bonds. The van der Waals surface area contributed by atoms with Crippen LogP contribution in [0.3, 0.4) is 0 Å². The first-order valence-electron chi connectivity index (χ1n) is 8.15. The lowest BCUT2D eigenvalue weighted by atomic mass is 10.1. The molecule has 0 aliphatic carbocycles. The average Bonchev–Trinajstić information content (AvgIpc) is 2.96. The van der Waals surface area contributed by atoms with Gasteiger partial charge in [0, 0.05) is 23.7 Å². The summed E-state index contributed by atoms with van der Waals surface area (Å²) in [6, 6.07) is 15.4. The van der Waals surface area contributed by atoms with Gasteiger partial charge in [0.15, 0.2) is 0 Å². The van der Waals surface area contributed by atoms with E-state index < -0.39 is 0 Å². The zero-order chi connectivity index (χ0) is 15.4. The zero-order valence-electron chi connectivity index (χ0n) is 13.4. The lowest BCUT2D eigenvalue weighted by Gasteiger charge is -2.26. The highest BCUT2D eigenvalue weighted by atomic mass is 32.2. The quantitative estimate of drug-likeness (QED) is 0.770. The van der Waals surface area contributed by atoms with Gasteiger partial charge in [-0.05, 0) is 49.1 Å². The SMILES string of the molecule is CC(C)CN1CCC[C@@H]1c1ccc(Sc2ccccc2)nc1. The van der Waals surface area contributed by atoms with Crippen LogP contribution in [0.4, 0.5) is 0 Å². The third-order valence-electron chi connectivity index (χ3n) is 4.07. The van der Waals surface area contributed by atoms with Gasteiger partial charge in [0.25, 0.3) is 0 Å². The fourth-order valence-corrected chi connectivity index (χ4v) is 3.93. The molecule has 1 aromatic carbocycles. The smallest absolute Gasteiger partial charge is 0.101 e. The van der Waals surface area contributed by atoms with Crippen molar-refractivity contribution in [3.8, 4) is 0 Å². The molecule has 2 heterocycles. The van der Waals surface area contributed by atoms with Gasteiger partial charge in [-0.3, -0.25) is 4.90 Å².